The van der Waals surface area contributed by atoms with Gasteiger partial charge in [-0.3, -0.25) is 9.59 Å². The van der Waals surface area contributed by atoms with Gasteiger partial charge < -0.3 is 20.5 Å². The highest BCUT2D eigenvalue weighted by Gasteiger charge is 2.33. The van der Waals surface area contributed by atoms with Gasteiger partial charge in [-0.25, -0.2) is 4.79 Å². The number of benzene rings is 2. The van der Waals surface area contributed by atoms with Crippen LogP contribution in [0.25, 0.3) is 11.1 Å². The number of hydrogen-bond donors (Lipinski definition) is 3. The average Bonchev–Trinajstić information content (AvgIpc) is 3.52. The van der Waals surface area contributed by atoms with E-state index in [0.717, 1.165) is 35.1 Å². The average molecular weight is 422 g/mol. The van der Waals surface area contributed by atoms with Crippen LogP contribution in [0.15, 0.2) is 48.5 Å². The van der Waals surface area contributed by atoms with Gasteiger partial charge in [-0.05, 0) is 41.5 Å². The molecule has 0 spiro atoms. The molecule has 0 heterocycles. The van der Waals surface area contributed by atoms with E-state index in [9.17, 15) is 14.4 Å². The van der Waals surface area contributed by atoms with Gasteiger partial charge in [-0.2, -0.15) is 0 Å². The van der Waals surface area contributed by atoms with E-state index in [-0.39, 0.29) is 12.5 Å². The first kappa shape index (κ1) is 20.9. The number of rotatable bonds is 8. The molecule has 2 amide bonds. The molecule has 2 atom stereocenters. The summed E-state index contributed by atoms with van der Waals surface area (Å²) in [5, 5.41) is 14.1. The molecule has 0 saturated heterocycles. The second-order valence-corrected chi connectivity index (χ2v) is 8.27. The summed E-state index contributed by atoms with van der Waals surface area (Å²) in [6.45, 7) is 1.55. The molecule has 1 saturated carbocycles. The van der Waals surface area contributed by atoms with Gasteiger partial charge in [0.25, 0.3) is 0 Å². The molecule has 1 unspecified atom stereocenters. The molecular weight excluding hydrogens is 396 g/mol. The van der Waals surface area contributed by atoms with Gasteiger partial charge in [-0.1, -0.05) is 61.4 Å². The first-order valence-electron chi connectivity index (χ1n) is 10.6. The van der Waals surface area contributed by atoms with Crippen LogP contribution in [0, 0.1) is 5.92 Å². The molecule has 7 nitrogen and oxygen atoms in total. The number of amides is 2. The normalized spacial score (nSPS) is 16.5. The van der Waals surface area contributed by atoms with Crippen LogP contribution in [-0.2, 0) is 14.3 Å². The standard InChI is InChI=1S/C24H26N2O5/c1-14(23(28)29)25-22(27)21(12-15-10-11-15)26-24(30)31-13-20-18-8-4-2-6-16(18)17-7-3-5-9-19(17)20/h2-9,14-15,20-21H,10-13H2,1H3,(H,25,27)(H,26,30)(H,28,29)/t14-,21?/m1/s1. The SMILES string of the molecule is C[C@@H](NC(=O)C(CC1CC1)NC(=O)OCC1c2ccccc2-c2ccccc21)C(=O)O. The molecule has 0 aliphatic heterocycles. The second-order valence-electron chi connectivity index (χ2n) is 8.27. The molecule has 2 aromatic rings. The summed E-state index contributed by atoms with van der Waals surface area (Å²) < 4.78 is 5.53. The Balaban J connectivity index is 1.40. The third-order valence-corrected chi connectivity index (χ3v) is 5.95. The number of hydrogen-bond acceptors (Lipinski definition) is 4. The van der Waals surface area contributed by atoms with Gasteiger partial charge in [0.05, 0.1) is 0 Å². The molecule has 2 aromatic carbocycles. The Morgan fingerprint density at radius 3 is 2.13 bits per heavy atom. The number of carboxylic acids is 1. The molecule has 2 aliphatic carbocycles. The summed E-state index contributed by atoms with van der Waals surface area (Å²) in [6, 6.07) is 14.3. The van der Waals surface area contributed by atoms with E-state index in [1.807, 2.05) is 36.4 Å². The van der Waals surface area contributed by atoms with Crippen LogP contribution in [0.5, 0.6) is 0 Å². The Morgan fingerprint density at radius 1 is 1.00 bits per heavy atom. The molecule has 0 bridgehead atoms. The monoisotopic (exact) mass is 422 g/mol. The van der Waals surface area contributed by atoms with Gasteiger partial charge >= 0.3 is 12.1 Å². The van der Waals surface area contributed by atoms with Crippen molar-refractivity contribution in [3.63, 3.8) is 0 Å². The summed E-state index contributed by atoms with van der Waals surface area (Å²) in [5.41, 5.74) is 4.50. The van der Waals surface area contributed by atoms with E-state index in [4.69, 9.17) is 9.84 Å². The van der Waals surface area contributed by atoms with E-state index in [2.05, 4.69) is 22.8 Å². The number of carboxylic acid groups (broad SMARTS) is 1. The summed E-state index contributed by atoms with van der Waals surface area (Å²) in [5.74, 6) is -1.33. The Morgan fingerprint density at radius 2 is 1.58 bits per heavy atom. The van der Waals surface area contributed by atoms with Crippen molar-refractivity contribution < 1.29 is 24.2 Å². The first-order valence-corrected chi connectivity index (χ1v) is 10.6. The van der Waals surface area contributed by atoms with Crippen molar-refractivity contribution in [3.05, 3.63) is 59.7 Å². The zero-order valence-corrected chi connectivity index (χ0v) is 17.3. The lowest BCUT2D eigenvalue weighted by molar-refractivity contribution is -0.141. The van der Waals surface area contributed by atoms with Crippen LogP contribution in [0.3, 0.4) is 0 Å². The first-order chi connectivity index (χ1) is 14.9. The van der Waals surface area contributed by atoms with E-state index in [0.29, 0.717) is 12.3 Å². The Bertz CT molecular complexity index is 955. The third-order valence-electron chi connectivity index (χ3n) is 5.95. The molecule has 7 heteroatoms. The Labute approximate surface area is 180 Å². The summed E-state index contributed by atoms with van der Waals surface area (Å²) in [7, 11) is 0. The van der Waals surface area contributed by atoms with Crippen molar-refractivity contribution in [2.45, 2.75) is 44.2 Å². The highest BCUT2D eigenvalue weighted by Crippen LogP contribution is 2.44. The van der Waals surface area contributed by atoms with Crippen molar-refractivity contribution in [1.29, 1.82) is 0 Å². The fourth-order valence-electron chi connectivity index (χ4n) is 4.08. The lowest BCUT2D eigenvalue weighted by Crippen LogP contribution is -2.51. The molecular formula is C24H26N2O5. The molecule has 2 aliphatic rings. The van der Waals surface area contributed by atoms with Crippen molar-refractivity contribution >= 4 is 18.0 Å². The van der Waals surface area contributed by atoms with Crippen LogP contribution < -0.4 is 10.6 Å². The predicted molar refractivity (Wildman–Crippen MR) is 115 cm³/mol. The van der Waals surface area contributed by atoms with E-state index in [1.54, 1.807) is 0 Å². The molecule has 1 fully saturated rings. The van der Waals surface area contributed by atoms with Crippen LogP contribution in [0.2, 0.25) is 0 Å². The number of aliphatic carboxylic acids is 1. The number of fused-ring (bicyclic) bond motifs is 3. The molecule has 0 radical (unpaired) electrons. The highest BCUT2D eigenvalue weighted by atomic mass is 16.5. The minimum atomic E-state index is -1.13. The summed E-state index contributed by atoms with van der Waals surface area (Å²) >= 11 is 0. The van der Waals surface area contributed by atoms with E-state index < -0.39 is 30.1 Å². The van der Waals surface area contributed by atoms with Crippen molar-refractivity contribution in [1.82, 2.24) is 10.6 Å². The van der Waals surface area contributed by atoms with Crippen molar-refractivity contribution in [2.24, 2.45) is 5.92 Å². The van der Waals surface area contributed by atoms with Gasteiger partial charge in [-0.15, -0.1) is 0 Å². The van der Waals surface area contributed by atoms with E-state index >= 15 is 0 Å². The van der Waals surface area contributed by atoms with Gasteiger partial charge in [0.15, 0.2) is 0 Å². The maximum Gasteiger partial charge on any atom is 0.407 e. The smallest absolute Gasteiger partial charge is 0.407 e. The van der Waals surface area contributed by atoms with Crippen LogP contribution in [0.1, 0.15) is 43.2 Å². The van der Waals surface area contributed by atoms with Gasteiger partial charge in [0.2, 0.25) is 5.91 Å². The number of carbonyl (C=O) groups excluding carboxylic acids is 2. The third kappa shape index (κ3) is 4.71. The zero-order valence-electron chi connectivity index (χ0n) is 17.3. The minimum absolute atomic E-state index is 0.0686. The van der Waals surface area contributed by atoms with Gasteiger partial charge in [0, 0.05) is 5.92 Å². The summed E-state index contributed by atoms with van der Waals surface area (Å²) in [4.78, 5) is 36.1. The lowest BCUT2D eigenvalue weighted by atomic mass is 9.98. The number of nitrogens with one attached hydrogen (secondary N) is 2. The molecule has 3 N–H and O–H groups in total. The van der Waals surface area contributed by atoms with Crippen LogP contribution in [-0.4, -0.2) is 41.8 Å². The Kier molecular flexibility index (Phi) is 5.93. The molecule has 31 heavy (non-hydrogen) atoms. The topological polar surface area (TPSA) is 105 Å². The second kappa shape index (κ2) is 8.79. The number of ether oxygens (including phenoxy) is 1. The molecule has 4 rings (SSSR count). The minimum Gasteiger partial charge on any atom is -0.480 e. The zero-order chi connectivity index (χ0) is 22.0. The predicted octanol–water partition coefficient (Wildman–Crippen LogP) is 3.28. The van der Waals surface area contributed by atoms with Gasteiger partial charge in [0.1, 0.15) is 18.7 Å². The lowest BCUT2D eigenvalue weighted by Gasteiger charge is -2.20. The van der Waals surface area contributed by atoms with Crippen LogP contribution in [0.4, 0.5) is 4.79 Å². The highest BCUT2D eigenvalue weighted by molar-refractivity contribution is 5.89. The summed E-state index contributed by atoms with van der Waals surface area (Å²) in [6.07, 6.45) is 1.81. The fraction of sp³-hybridized carbons (Fsp3) is 0.375. The quantitative estimate of drug-likeness (QED) is 0.606. The fourth-order valence-corrected chi connectivity index (χ4v) is 4.08. The maximum atomic E-state index is 12.5. The Hall–Kier alpha value is -3.35. The maximum absolute atomic E-state index is 12.5. The van der Waals surface area contributed by atoms with E-state index in [1.165, 1.54) is 6.92 Å². The van der Waals surface area contributed by atoms with Crippen molar-refractivity contribution in [3.8, 4) is 11.1 Å². The largest absolute Gasteiger partial charge is 0.480 e. The molecule has 162 valence electrons. The number of alkyl carbamates (subject to hydrolysis) is 1. The molecule has 0 aromatic heterocycles. The van der Waals surface area contributed by atoms with Crippen molar-refractivity contribution in [2.75, 3.05) is 6.61 Å². The van der Waals surface area contributed by atoms with Crippen LogP contribution >= 0.6 is 0 Å². The number of carbonyl (C=O) groups is 3.